The summed E-state index contributed by atoms with van der Waals surface area (Å²) >= 11 is 0. The topological polar surface area (TPSA) is 21.3 Å². The summed E-state index contributed by atoms with van der Waals surface area (Å²) in [6, 6.07) is 7.47. The average Bonchev–Trinajstić information content (AvgIpc) is 2.42. The third kappa shape index (κ3) is 7.58. The van der Waals surface area contributed by atoms with Crippen molar-refractivity contribution in [3.8, 4) is 0 Å². The van der Waals surface area contributed by atoms with Gasteiger partial charge in [-0.05, 0) is 30.4 Å². The molecule has 21 heavy (non-hydrogen) atoms. The molecule has 0 saturated carbocycles. The summed E-state index contributed by atoms with van der Waals surface area (Å²) < 4.78 is 19.7. The summed E-state index contributed by atoms with van der Waals surface area (Å²) in [5, 5.41) is 3.41. The van der Waals surface area contributed by atoms with Crippen molar-refractivity contribution < 1.29 is 9.13 Å². The van der Waals surface area contributed by atoms with Gasteiger partial charge in [0.15, 0.2) is 0 Å². The zero-order valence-electron chi connectivity index (χ0n) is 13.9. The molecule has 2 nitrogen and oxygen atoms in total. The van der Waals surface area contributed by atoms with Gasteiger partial charge in [-0.15, -0.1) is 0 Å². The van der Waals surface area contributed by atoms with E-state index in [0.29, 0.717) is 18.6 Å². The Balaban J connectivity index is 2.51. The zero-order chi connectivity index (χ0) is 15.7. The number of halogens is 1. The van der Waals surface area contributed by atoms with Crippen molar-refractivity contribution in [1.29, 1.82) is 0 Å². The van der Waals surface area contributed by atoms with E-state index < -0.39 is 0 Å². The highest BCUT2D eigenvalue weighted by atomic mass is 19.1. The van der Waals surface area contributed by atoms with E-state index in [9.17, 15) is 4.39 Å². The van der Waals surface area contributed by atoms with Crippen LogP contribution in [0.3, 0.4) is 0 Å². The lowest BCUT2D eigenvalue weighted by atomic mass is 9.95. The van der Waals surface area contributed by atoms with Gasteiger partial charge in [-0.1, -0.05) is 45.9 Å². The van der Waals surface area contributed by atoms with Crippen LogP contribution in [-0.4, -0.2) is 25.8 Å². The smallest absolute Gasteiger partial charge is 0.126 e. The zero-order valence-corrected chi connectivity index (χ0v) is 13.9. The van der Waals surface area contributed by atoms with E-state index >= 15 is 0 Å². The second-order valence-corrected chi connectivity index (χ2v) is 6.36. The molecule has 120 valence electrons. The van der Waals surface area contributed by atoms with Crippen LogP contribution in [0.15, 0.2) is 24.3 Å². The fourth-order valence-electron chi connectivity index (χ4n) is 2.20. The van der Waals surface area contributed by atoms with Crippen LogP contribution in [0.2, 0.25) is 0 Å². The van der Waals surface area contributed by atoms with Crippen LogP contribution in [-0.2, 0) is 4.74 Å². The molecular weight excluding hydrogens is 265 g/mol. The predicted octanol–water partition coefficient (Wildman–Crippen LogP) is 4.36. The van der Waals surface area contributed by atoms with Crippen molar-refractivity contribution in [2.24, 2.45) is 5.92 Å². The van der Waals surface area contributed by atoms with Crippen LogP contribution < -0.4 is 5.32 Å². The Labute approximate surface area is 129 Å². The maximum atomic E-state index is 14.0. The van der Waals surface area contributed by atoms with Gasteiger partial charge in [0.05, 0.1) is 0 Å². The summed E-state index contributed by atoms with van der Waals surface area (Å²) in [6.45, 7) is 10.9. The highest BCUT2D eigenvalue weighted by Gasteiger charge is 2.15. The van der Waals surface area contributed by atoms with Crippen molar-refractivity contribution in [3.63, 3.8) is 0 Å². The summed E-state index contributed by atoms with van der Waals surface area (Å²) in [5.74, 6) is 0.706. The highest BCUT2D eigenvalue weighted by molar-refractivity contribution is 5.22. The molecular formula is C18H30FNO. The Morgan fingerprint density at radius 2 is 1.71 bits per heavy atom. The molecule has 0 amide bonds. The van der Waals surface area contributed by atoms with Crippen LogP contribution in [0, 0.1) is 11.7 Å². The fraction of sp³-hybridized carbons (Fsp3) is 0.667. The molecule has 0 aliphatic carbocycles. The highest BCUT2D eigenvalue weighted by Crippen LogP contribution is 2.22. The lowest BCUT2D eigenvalue weighted by Crippen LogP contribution is -2.29. The van der Waals surface area contributed by atoms with Gasteiger partial charge in [0.1, 0.15) is 5.82 Å². The normalized spacial score (nSPS) is 13.1. The molecule has 3 heteroatoms. The molecule has 0 aromatic heterocycles. The molecule has 1 unspecified atom stereocenters. The molecule has 0 bridgehead atoms. The summed E-state index contributed by atoms with van der Waals surface area (Å²) in [7, 11) is 0. The lowest BCUT2D eigenvalue weighted by Gasteiger charge is -2.20. The van der Waals surface area contributed by atoms with Crippen molar-refractivity contribution in [2.45, 2.75) is 52.5 Å². The lowest BCUT2D eigenvalue weighted by molar-refractivity contribution is 0.116. The Kier molecular flexibility index (Phi) is 8.55. The van der Waals surface area contributed by atoms with E-state index in [-0.39, 0.29) is 11.7 Å². The van der Waals surface area contributed by atoms with Gasteiger partial charge in [0.2, 0.25) is 0 Å². The van der Waals surface area contributed by atoms with Gasteiger partial charge in [-0.3, -0.25) is 0 Å². The SMILES string of the molecule is CC(C)CCOCCC(CNC(C)C)c1ccccc1F. The Bertz CT molecular complexity index is 393. The molecule has 0 aliphatic rings. The van der Waals surface area contributed by atoms with Crippen molar-refractivity contribution in [1.82, 2.24) is 5.32 Å². The van der Waals surface area contributed by atoms with Gasteiger partial charge >= 0.3 is 0 Å². The van der Waals surface area contributed by atoms with E-state index in [1.54, 1.807) is 6.07 Å². The number of nitrogens with one attached hydrogen (secondary N) is 1. The second-order valence-electron chi connectivity index (χ2n) is 6.36. The third-order valence-corrected chi connectivity index (χ3v) is 3.57. The Morgan fingerprint density at radius 3 is 2.33 bits per heavy atom. The first-order chi connectivity index (χ1) is 10.0. The maximum absolute atomic E-state index is 14.0. The summed E-state index contributed by atoms with van der Waals surface area (Å²) in [4.78, 5) is 0. The van der Waals surface area contributed by atoms with E-state index in [2.05, 4.69) is 33.0 Å². The minimum atomic E-state index is -0.116. The minimum Gasteiger partial charge on any atom is -0.381 e. The third-order valence-electron chi connectivity index (χ3n) is 3.57. The first-order valence-electron chi connectivity index (χ1n) is 8.06. The van der Waals surface area contributed by atoms with Crippen LogP contribution in [0.4, 0.5) is 4.39 Å². The number of benzene rings is 1. The van der Waals surface area contributed by atoms with Crippen molar-refractivity contribution in [2.75, 3.05) is 19.8 Å². The number of hydrogen-bond donors (Lipinski definition) is 1. The summed E-state index contributed by atoms with van der Waals surface area (Å²) in [6.07, 6.45) is 1.92. The molecule has 0 saturated heterocycles. The standard InChI is InChI=1S/C18H30FNO/c1-14(2)9-11-21-12-10-16(13-20-15(3)4)17-7-5-6-8-18(17)19/h5-8,14-16,20H,9-13H2,1-4H3. The van der Waals surface area contributed by atoms with Crippen molar-refractivity contribution in [3.05, 3.63) is 35.6 Å². The van der Waals surface area contributed by atoms with E-state index in [4.69, 9.17) is 4.74 Å². The fourth-order valence-corrected chi connectivity index (χ4v) is 2.20. The van der Waals surface area contributed by atoms with E-state index in [1.165, 1.54) is 6.07 Å². The molecule has 1 aromatic rings. The van der Waals surface area contributed by atoms with Gasteiger partial charge in [-0.2, -0.15) is 0 Å². The van der Waals surface area contributed by atoms with E-state index in [1.807, 2.05) is 12.1 Å². The maximum Gasteiger partial charge on any atom is 0.126 e. The van der Waals surface area contributed by atoms with Crippen molar-refractivity contribution >= 4 is 0 Å². The van der Waals surface area contributed by atoms with Gasteiger partial charge in [-0.25, -0.2) is 4.39 Å². The van der Waals surface area contributed by atoms with Crippen LogP contribution in [0.1, 0.15) is 52.0 Å². The van der Waals surface area contributed by atoms with Gasteiger partial charge in [0.25, 0.3) is 0 Å². The Hall–Kier alpha value is -0.930. The molecule has 1 N–H and O–H groups in total. The van der Waals surface area contributed by atoms with Gasteiger partial charge in [0, 0.05) is 31.7 Å². The number of rotatable bonds is 10. The predicted molar refractivity (Wildman–Crippen MR) is 87.2 cm³/mol. The molecule has 0 fully saturated rings. The molecule has 0 heterocycles. The van der Waals surface area contributed by atoms with E-state index in [0.717, 1.165) is 31.6 Å². The molecule has 1 atom stereocenters. The van der Waals surface area contributed by atoms with Crippen LogP contribution in [0.25, 0.3) is 0 Å². The molecule has 0 aliphatic heterocycles. The summed E-state index contributed by atoms with van der Waals surface area (Å²) in [5.41, 5.74) is 0.790. The minimum absolute atomic E-state index is 0.116. The number of hydrogen-bond acceptors (Lipinski definition) is 2. The monoisotopic (exact) mass is 295 g/mol. The average molecular weight is 295 g/mol. The van der Waals surface area contributed by atoms with Crippen LogP contribution >= 0.6 is 0 Å². The number of ether oxygens (including phenoxy) is 1. The van der Waals surface area contributed by atoms with Gasteiger partial charge < -0.3 is 10.1 Å². The quantitative estimate of drug-likeness (QED) is 0.648. The Morgan fingerprint density at radius 1 is 1.05 bits per heavy atom. The largest absolute Gasteiger partial charge is 0.381 e. The first-order valence-corrected chi connectivity index (χ1v) is 8.06. The molecule has 0 radical (unpaired) electrons. The van der Waals surface area contributed by atoms with Crippen LogP contribution in [0.5, 0.6) is 0 Å². The molecule has 0 spiro atoms. The molecule has 1 aromatic carbocycles. The second kappa shape index (κ2) is 9.91. The first kappa shape index (κ1) is 18.1. The molecule has 1 rings (SSSR count).